The molecular formula is C27H37N7O5. The molecule has 2 amide bonds. The van der Waals surface area contributed by atoms with Gasteiger partial charge in [-0.25, -0.2) is 0 Å². The summed E-state index contributed by atoms with van der Waals surface area (Å²) < 4.78 is 5.60. The fourth-order valence-electron chi connectivity index (χ4n) is 3.18. The normalized spacial score (nSPS) is 11.3. The summed E-state index contributed by atoms with van der Waals surface area (Å²) in [6.45, 7) is 8.84. The highest BCUT2D eigenvalue weighted by molar-refractivity contribution is 6.18. The van der Waals surface area contributed by atoms with E-state index in [1.165, 1.54) is 30.2 Å². The number of carbonyl (C=O) groups excluding carboxylic acids is 3. The number of nitroso groups, excluding NO2 is 1. The van der Waals surface area contributed by atoms with E-state index in [-0.39, 0.29) is 28.9 Å². The maximum absolute atomic E-state index is 13.2. The zero-order chi connectivity index (χ0) is 29.7. The molecule has 1 atom stereocenters. The first kappa shape index (κ1) is 32.3. The number of carbonyl (C=O) groups is 3. The number of nitrogens with zero attached hydrogens (tertiary/aromatic N) is 2. The third-order valence-corrected chi connectivity index (χ3v) is 4.86. The van der Waals surface area contributed by atoms with Gasteiger partial charge in [-0.2, -0.15) is 0 Å². The van der Waals surface area contributed by atoms with E-state index in [1.807, 2.05) is 13.8 Å². The molecule has 0 aliphatic heterocycles. The molecule has 2 rings (SSSR count). The number of amidine groups is 1. The van der Waals surface area contributed by atoms with Gasteiger partial charge in [0, 0.05) is 31.5 Å². The SMILES string of the molecule is CC.CC(=O)/C(=C\N(C)C)C(=O)NNC(=O)C(Nc1ccc(C(=N)N)cc1)c1ccc(OC(C)C)c(N=O)c1. The van der Waals surface area contributed by atoms with Gasteiger partial charge in [-0.3, -0.25) is 30.6 Å². The molecule has 0 aliphatic rings. The Kier molecular flexibility index (Phi) is 12.8. The highest BCUT2D eigenvalue weighted by atomic mass is 16.5. The van der Waals surface area contributed by atoms with Crippen LogP contribution in [0, 0.1) is 10.3 Å². The van der Waals surface area contributed by atoms with Crippen LogP contribution in [0.25, 0.3) is 0 Å². The predicted octanol–water partition coefficient (Wildman–Crippen LogP) is 3.52. The maximum atomic E-state index is 13.2. The topological polar surface area (TPSA) is 179 Å². The number of hydrogen-bond acceptors (Lipinski definition) is 9. The number of ketones is 1. The number of anilines is 1. The summed E-state index contributed by atoms with van der Waals surface area (Å²) >= 11 is 0. The first-order valence-corrected chi connectivity index (χ1v) is 12.3. The molecule has 210 valence electrons. The standard InChI is InChI=1S/C25H31N7O5.C2H6/c1-14(2)37-21-11-8-17(12-20(21)31-36)22(28-18-9-6-16(7-10-18)23(26)27)25(35)30-29-24(34)19(15(3)33)13-32(4)5;1-2/h6-14,22,28H,1-5H3,(H3,26,27)(H,29,34)(H,30,35);1-2H3/b19-13+;. The molecule has 0 radical (unpaired) electrons. The summed E-state index contributed by atoms with van der Waals surface area (Å²) in [6, 6.07) is 9.87. The monoisotopic (exact) mass is 539 g/mol. The van der Waals surface area contributed by atoms with Crippen LogP contribution in [0.4, 0.5) is 11.4 Å². The third kappa shape index (κ3) is 9.91. The van der Waals surface area contributed by atoms with Crippen LogP contribution in [0.15, 0.2) is 59.4 Å². The first-order chi connectivity index (χ1) is 18.4. The highest BCUT2D eigenvalue weighted by Gasteiger charge is 2.24. The smallest absolute Gasteiger partial charge is 0.274 e. The van der Waals surface area contributed by atoms with Crippen molar-refractivity contribution in [1.29, 1.82) is 5.41 Å². The Labute approximate surface area is 228 Å². The van der Waals surface area contributed by atoms with Gasteiger partial charge < -0.3 is 20.7 Å². The van der Waals surface area contributed by atoms with Gasteiger partial charge in [0.1, 0.15) is 23.3 Å². The number of hydrazine groups is 1. The Morgan fingerprint density at radius 2 is 1.67 bits per heavy atom. The van der Waals surface area contributed by atoms with Gasteiger partial charge in [0.25, 0.3) is 11.8 Å². The van der Waals surface area contributed by atoms with E-state index in [4.69, 9.17) is 15.9 Å². The predicted molar refractivity (Wildman–Crippen MR) is 152 cm³/mol. The molecular weight excluding hydrogens is 502 g/mol. The molecule has 39 heavy (non-hydrogen) atoms. The second-order valence-electron chi connectivity index (χ2n) is 8.56. The van der Waals surface area contributed by atoms with Crippen LogP contribution < -0.4 is 26.6 Å². The largest absolute Gasteiger partial charge is 0.489 e. The molecule has 12 heteroatoms. The molecule has 0 bridgehead atoms. The van der Waals surface area contributed by atoms with Crippen molar-refractivity contribution in [2.75, 3.05) is 19.4 Å². The summed E-state index contributed by atoms with van der Waals surface area (Å²) in [6.07, 6.45) is 1.13. The molecule has 0 aliphatic carbocycles. The van der Waals surface area contributed by atoms with E-state index < -0.39 is 23.6 Å². The molecule has 0 saturated heterocycles. The van der Waals surface area contributed by atoms with Crippen LogP contribution >= 0.6 is 0 Å². The minimum absolute atomic E-state index is 0.00505. The number of nitrogens with one attached hydrogen (secondary N) is 4. The van der Waals surface area contributed by atoms with Crippen LogP contribution in [0.3, 0.4) is 0 Å². The van der Waals surface area contributed by atoms with E-state index in [9.17, 15) is 19.3 Å². The van der Waals surface area contributed by atoms with Crippen molar-refractivity contribution in [2.24, 2.45) is 10.9 Å². The molecule has 0 fully saturated rings. The summed E-state index contributed by atoms with van der Waals surface area (Å²) in [5.74, 6) is -1.82. The number of nitrogen functional groups attached to an aromatic ring is 1. The van der Waals surface area contributed by atoms with Gasteiger partial charge in [0.05, 0.1) is 11.7 Å². The lowest BCUT2D eigenvalue weighted by atomic mass is 10.0. The number of Topliss-reactive ketones (excluding diaryl/α,β-unsaturated/α-hetero) is 1. The first-order valence-electron chi connectivity index (χ1n) is 12.3. The Bertz CT molecular complexity index is 1210. The van der Waals surface area contributed by atoms with Crippen molar-refractivity contribution in [2.45, 2.75) is 46.8 Å². The molecule has 0 heterocycles. The van der Waals surface area contributed by atoms with E-state index in [0.717, 1.165) is 0 Å². The van der Waals surface area contributed by atoms with Gasteiger partial charge >= 0.3 is 0 Å². The Hall–Kier alpha value is -4.74. The maximum Gasteiger partial charge on any atom is 0.274 e. The number of ether oxygens (including phenoxy) is 1. The lowest BCUT2D eigenvalue weighted by Gasteiger charge is -2.21. The van der Waals surface area contributed by atoms with Crippen molar-refractivity contribution in [1.82, 2.24) is 15.8 Å². The Morgan fingerprint density at radius 3 is 2.15 bits per heavy atom. The van der Waals surface area contributed by atoms with Crippen LogP contribution in [0.1, 0.15) is 51.8 Å². The van der Waals surface area contributed by atoms with Crippen LogP contribution in [-0.4, -0.2) is 48.5 Å². The minimum Gasteiger partial charge on any atom is -0.489 e. The van der Waals surface area contributed by atoms with E-state index in [1.54, 1.807) is 58.3 Å². The fourth-order valence-corrected chi connectivity index (χ4v) is 3.18. The molecule has 1 unspecified atom stereocenters. The number of benzene rings is 2. The van der Waals surface area contributed by atoms with Gasteiger partial charge in [-0.15, -0.1) is 4.91 Å². The Balaban J connectivity index is 0.00000371. The summed E-state index contributed by atoms with van der Waals surface area (Å²) in [5, 5.41) is 13.6. The molecule has 12 nitrogen and oxygen atoms in total. The zero-order valence-corrected chi connectivity index (χ0v) is 23.3. The number of amides is 2. The average molecular weight is 540 g/mol. The second kappa shape index (κ2) is 15.5. The molecule has 2 aromatic rings. The summed E-state index contributed by atoms with van der Waals surface area (Å²) in [4.78, 5) is 50.6. The van der Waals surface area contributed by atoms with Crippen LogP contribution in [0.2, 0.25) is 0 Å². The molecule has 2 aromatic carbocycles. The second-order valence-corrected chi connectivity index (χ2v) is 8.56. The summed E-state index contributed by atoms with van der Waals surface area (Å²) in [7, 11) is 3.30. The lowest BCUT2D eigenvalue weighted by molar-refractivity contribution is -0.129. The lowest BCUT2D eigenvalue weighted by Crippen LogP contribution is -2.46. The molecule has 0 spiro atoms. The van der Waals surface area contributed by atoms with Crippen molar-refractivity contribution in [3.8, 4) is 5.75 Å². The summed E-state index contributed by atoms with van der Waals surface area (Å²) in [5.41, 5.74) is 11.2. The van der Waals surface area contributed by atoms with Crippen LogP contribution in [-0.2, 0) is 14.4 Å². The van der Waals surface area contributed by atoms with E-state index >= 15 is 0 Å². The van der Waals surface area contributed by atoms with Crippen LogP contribution in [0.5, 0.6) is 5.75 Å². The van der Waals surface area contributed by atoms with Crippen molar-refractivity contribution in [3.63, 3.8) is 0 Å². The molecule has 6 N–H and O–H groups in total. The Morgan fingerprint density at radius 1 is 1.05 bits per heavy atom. The number of hydrogen-bond donors (Lipinski definition) is 5. The van der Waals surface area contributed by atoms with E-state index in [0.29, 0.717) is 16.8 Å². The number of nitrogens with two attached hydrogens (primary N) is 1. The molecule has 0 saturated carbocycles. The fraction of sp³-hybridized carbons (Fsp3) is 0.333. The zero-order valence-electron chi connectivity index (χ0n) is 23.3. The van der Waals surface area contributed by atoms with Crippen molar-refractivity contribution < 1.29 is 19.1 Å². The highest BCUT2D eigenvalue weighted by Crippen LogP contribution is 2.32. The van der Waals surface area contributed by atoms with Gasteiger partial charge in [0.2, 0.25) is 0 Å². The van der Waals surface area contributed by atoms with E-state index in [2.05, 4.69) is 21.3 Å². The van der Waals surface area contributed by atoms with Crippen molar-refractivity contribution >= 4 is 34.8 Å². The third-order valence-electron chi connectivity index (χ3n) is 4.86. The molecule has 0 aromatic heterocycles. The van der Waals surface area contributed by atoms with Gasteiger partial charge in [-0.05, 0) is 67.9 Å². The van der Waals surface area contributed by atoms with Gasteiger partial charge in [0.15, 0.2) is 5.78 Å². The van der Waals surface area contributed by atoms with Gasteiger partial charge in [-0.1, -0.05) is 19.9 Å². The number of rotatable bonds is 11. The minimum atomic E-state index is -1.10. The quantitative estimate of drug-likeness (QED) is 0.0547. The van der Waals surface area contributed by atoms with Crippen molar-refractivity contribution in [3.05, 3.63) is 70.3 Å². The average Bonchev–Trinajstić information content (AvgIpc) is 2.90.